The first-order chi connectivity index (χ1) is 12.0. The molecule has 0 saturated heterocycles. The van der Waals surface area contributed by atoms with Gasteiger partial charge in [0, 0.05) is 11.4 Å². The summed E-state index contributed by atoms with van der Waals surface area (Å²) in [7, 11) is 0. The van der Waals surface area contributed by atoms with E-state index in [-0.39, 0.29) is 13.0 Å². The molecule has 0 saturated carbocycles. The van der Waals surface area contributed by atoms with Gasteiger partial charge in [-0.2, -0.15) is 0 Å². The van der Waals surface area contributed by atoms with Gasteiger partial charge in [-0.25, -0.2) is 0 Å². The van der Waals surface area contributed by atoms with E-state index in [4.69, 9.17) is 26.0 Å². The number of benzene rings is 2. The number of rotatable bonds is 8. The van der Waals surface area contributed by atoms with Gasteiger partial charge >= 0.3 is 5.97 Å². The fourth-order valence-corrected chi connectivity index (χ4v) is 1.72. The molecule has 0 aliphatic rings. The van der Waals surface area contributed by atoms with E-state index in [0.29, 0.717) is 11.4 Å². The van der Waals surface area contributed by atoms with Crippen molar-refractivity contribution in [2.24, 2.45) is 0 Å². The third-order valence-electron chi connectivity index (χ3n) is 3.11. The topological polar surface area (TPSA) is 108 Å². The monoisotopic (exact) mass is 346 g/mol. The van der Waals surface area contributed by atoms with E-state index >= 15 is 0 Å². The maximum absolute atomic E-state index is 10.1. The SMILES string of the molecule is CCCCOc1ccc(N)cc1.Nc1ccc(OCCC(=O)O)cc1. The van der Waals surface area contributed by atoms with Crippen LogP contribution in [-0.4, -0.2) is 24.3 Å². The minimum absolute atomic E-state index is 0.00434. The number of carbonyl (C=O) groups is 1. The van der Waals surface area contributed by atoms with Crippen molar-refractivity contribution >= 4 is 17.3 Å². The number of unbranched alkanes of at least 4 members (excludes halogenated alkanes) is 1. The molecule has 0 atom stereocenters. The van der Waals surface area contributed by atoms with Crippen LogP contribution in [0.4, 0.5) is 11.4 Å². The zero-order valence-electron chi connectivity index (χ0n) is 14.5. The molecule has 0 radical (unpaired) electrons. The summed E-state index contributed by atoms with van der Waals surface area (Å²) in [6, 6.07) is 14.3. The summed E-state index contributed by atoms with van der Waals surface area (Å²) >= 11 is 0. The summed E-state index contributed by atoms with van der Waals surface area (Å²) in [4.78, 5) is 10.1. The lowest BCUT2D eigenvalue weighted by Crippen LogP contribution is -2.04. The van der Waals surface area contributed by atoms with Gasteiger partial charge in [0.25, 0.3) is 0 Å². The maximum atomic E-state index is 10.1. The molecule has 0 heterocycles. The van der Waals surface area contributed by atoms with Gasteiger partial charge in [0.2, 0.25) is 0 Å². The van der Waals surface area contributed by atoms with Crippen LogP contribution < -0.4 is 20.9 Å². The molecule has 0 spiro atoms. The smallest absolute Gasteiger partial charge is 0.306 e. The van der Waals surface area contributed by atoms with Gasteiger partial charge < -0.3 is 26.0 Å². The number of carboxylic acid groups (broad SMARTS) is 1. The number of carboxylic acids is 1. The van der Waals surface area contributed by atoms with Crippen molar-refractivity contribution in [3.8, 4) is 11.5 Å². The Labute approximate surface area is 148 Å². The molecule has 6 nitrogen and oxygen atoms in total. The summed E-state index contributed by atoms with van der Waals surface area (Å²) in [6.45, 7) is 3.12. The summed E-state index contributed by atoms with van der Waals surface area (Å²) in [5.74, 6) is 0.670. The Morgan fingerprint density at radius 2 is 1.32 bits per heavy atom. The molecule has 136 valence electrons. The molecule has 2 rings (SSSR count). The Balaban J connectivity index is 0.000000251. The van der Waals surface area contributed by atoms with E-state index in [0.717, 1.165) is 30.9 Å². The minimum Gasteiger partial charge on any atom is -0.494 e. The fraction of sp³-hybridized carbons (Fsp3) is 0.316. The van der Waals surface area contributed by atoms with Gasteiger partial charge in [0.1, 0.15) is 11.5 Å². The second kappa shape index (κ2) is 11.6. The van der Waals surface area contributed by atoms with Gasteiger partial charge in [-0.1, -0.05) is 13.3 Å². The first-order valence-corrected chi connectivity index (χ1v) is 8.19. The van der Waals surface area contributed by atoms with Crippen molar-refractivity contribution in [2.45, 2.75) is 26.2 Å². The Kier molecular flexibility index (Phi) is 9.36. The molecule has 0 unspecified atom stereocenters. The molecule has 0 fully saturated rings. The first-order valence-electron chi connectivity index (χ1n) is 8.19. The van der Waals surface area contributed by atoms with Gasteiger partial charge in [-0.3, -0.25) is 4.79 Å². The highest BCUT2D eigenvalue weighted by Gasteiger charge is 1.97. The maximum Gasteiger partial charge on any atom is 0.306 e. The van der Waals surface area contributed by atoms with Crippen LogP contribution in [0.2, 0.25) is 0 Å². The number of hydrogen-bond acceptors (Lipinski definition) is 5. The average Bonchev–Trinajstić information content (AvgIpc) is 2.59. The number of hydrogen-bond donors (Lipinski definition) is 3. The average molecular weight is 346 g/mol. The Morgan fingerprint density at radius 1 is 0.880 bits per heavy atom. The molecule has 25 heavy (non-hydrogen) atoms. The van der Waals surface area contributed by atoms with Crippen molar-refractivity contribution in [3.63, 3.8) is 0 Å². The summed E-state index contributed by atoms with van der Waals surface area (Å²) in [5.41, 5.74) is 12.4. The molecule has 0 aliphatic heterocycles. The van der Waals surface area contributed by atoms with E-state index < -0.39 is 5.97 Å². The Hall–Kier alpha value is -2.89. The molecular formula is C19H26N2O4. The van der Waals surface area contributed by atoms with Crippen LogP contribution in [0.25, 0.3) is 0 Å². The lowest BCUT2D eigenvalue weighted by atomic mass is 10.3. The number of nitrogen functional groups attached to an aromatic ring is 2. The Bertz CT molecular complexity index is 612. The summed E-state index contributed by atoms with van der Waals surface area (Å²) < 4.78 is 10.6. The molecule has 0 amide bonds. The van der Waals surface area contributed by atoms with Crippen molar-refractivity contribution in [1.82, 2.24) is 0 Å². The third kappa shape index (κ3) is 9.76. The van der Waals surface area contributed by atoms with Crippen LogP contribution in [0.1, 0.15) is 26.2 Å². The van der Waals surface area contributed by atoms with E-state index in [2.05, 4.69) is 6.92 Å². The van der Waals surface area contributed by atoms with E-state index in [1.54, 1.807) is 24.3 Å². The van der Waals surface area contributed by atoms with Crippen molar-refractivity contribution < 1.29 is 19.4 Å². The highest BCUT2D eigenvalue weighted by Crippen LogP contribution is 2.13. The second-order valence-corrected chi connectivity index (χ2v) is 5.33. The van der Waals surface area contributed by atoms with Crippen LogP contribution in [0, 0.1) is 0 Å². The number of nitrogens with two attached hydrogens (primary N) is 2. The van der Waals surface area contributed by atoms with Crippen LogP contribution in [0.5, 0.6) is 11.5 Å². The quantitative estimate of drug-likeness (QED) is 0.498. The van der Waals surface area contributed by atoms with Crippen LogP contribution in [-0.2, 0) is 4.79 Å². The molecule has 0 bridgehead atoms. The van der Waals surface area contributed by atoms with Crippen LogP contribution >= 0.6 is 0 Å². The molecule has 0 aromatic heterocycles. The van der Waals surface area contributed by atoms with Gasteiger partial charge in [-0.15, -0.1) is 0 Å². The molecular weight excluding hydrogens is 320 g/mol. The summed E-state index contributed by atoms with van der Waals surface area (Å²) in [6.07, 6.45) is 2.27. The second-order valence-electron chi connectivity index (χ2n) is 5.33. The Morgan fingerprint density at radius 3 is 1.72 bits per heavy atom. The van der Waals surface area contributed by atoms with Gasteiger partial charge in [-0.05, 0) is 55.0 Å². The lowest BCUT2D eigenvalue weighted by molar-refractivity contribution is -0.137. The molecule has 2 aromatic rings. The van der Waals surface area contributed by atoms with Crippen LogP contribution in [0.3, 0.4) is 0 Å². The van der Waals surface area contributed by atoms with Crippen LogP contribution in [0.15, 0.2) is 48.5 Å². The zero-order chi connectivity index (χ0) is 18.5. The van der Waals surface area contributed by atoms with Gasteiger partial charge in [0.05, 0.1) is 19.6 Å². The number of aliphatic carboxylic acids is 1. The summed E-state index contributed by atoms with van der Waals surface area (Å²) in [5, 5.41) is 8.34. The van der Waals surface area contributed by atoms with Crippen molar-refractivity contribution in [1.29, 1.82) is 0 Å². The first kappa shape index (κ1) is 20.2. The molecule has 5 N–H and O–H groups in total. The fourth-order valence-electron chi connectivity index (χ4n) is 1.72. The van der Waals surface area contributed by atoms with E-state index in [1.165, 1.54) is 0 Å². The molecule has 2 aromatic carbocycles. The van der Waals surface area contributed by atoms with E-state index in [9.17, 15) is 4.79 Å². The zero-order valence-corrected chi connectivity index (χ0v) is 14.5. The predicted octanol–water partition coefficient (Wildman–Crippen LogP) is 3.57. The van der Waals surface area contributed by atoms with E-state index in [1.807, 2.05) is 24.3 Å². The normalized spacial score (nSPS) is 9.64. The predicted molar refractivity (Wildman–Crippen MR) is 99.9 cm³/mol. The minimum atomic E-state index is -0.865. The highest BCUT2D eigenvalue weighted by atomic mass is 16.5. The van der Waals surface area contributed by atoms with Crippen molar-refractivity contribution in [3.05, 3.63) is 48.5 Å². The third-order valence-corrected chi connectivity index (χ3v) is 3.11. The number of ether oxygens (including phenoxy) is 2. The lowest BCUT2D eigenvalue weighted by Gasteiger charge is -2.04. The molecule has 6 heteroatoms. The standard InChI is InChI=1S/C10H15NO.C9H11NO3/c1-2-3-8-12-10-6-4-9(11)5-7-10;10-7-1-3-8(4-2-7)13-6-5-9(11)12/h4-7H,2-3,8,11H2,1H3;1-4H,5-6,10H2,(H,11,12). The largest absolute Gasteiger partial charge is 0.494 e. The molecule has 0 aliphatic carbocycles. The van der Waals surface area contributed by atoms with Gasteiger partial charge in [0.15, 0.2) is 0 Å². The van der Waals surface area contributed by atoms with Crippen molar-refractivity contribution in [2.75, 3.05) is 24.7 Å². The highest BCUT2D eigenvalue weighted by molar-refractivity contribution is 5.66. The number of anilines is 2.